The van der Waals surface area contributed by atoms with Crippen LogP contribution in [0.2, 0.25) is 0 Å². The van der Waals surface area contributed by atoms with Gasteiger partial charge in [-0.15, -0.1) is 11.6 Å². The van der Waals surface area contributed by atoms with Gasteiger partial charge in [-0.3, -0.25) is 0 Å². The lowest BCUT2D eigenvalue weighted by Gasteiger charge is -2.21. The molecule has 0 atom stereocenters. The number of benzene rings is 1. The maximum Gasteiger partial charge on any atom is 0.129 e. The summed E-state index contributed by atoms with van der Waals surface area (Å²) in [6.07, 6.45) is 0. The topological polar surface area (TPSA) is 3.24 Å². The molecule has 0 spiro atoms. The van der Waals surface area contributed by atoms with Gasteiger partial charge in [-0.25, -0.2) is 4.39 Å². The highest BCUT2D eigenvalue weighted by molar-refractivity contribution is 7.07. The number of rotatable bonds is 4. The van der Waals surface area contributed by atoms with Crippen molar-refractivity contribution in [1.29, 1.82) is 0 Å². The number of hydrogen-bond acceptors (Lipinski definition) is 2. The van der Waals surface area contributed by atoms with E-state index in [0.29, 0.717) is 5.56 Å². The number of anilines is 1. The van der Waals surface area contributed by atoms with Gasteiger partial charge in [-0.1, -0.05) is 6.07 Å². The zero-order chi connectivity index (χ0) is 12.3. The molecule has 17 heavy (non-hydrogen) atoms. The fourth-order valence-corrected chi connectivity index (χ4v) is 2.70. The summed E-state index contributed by atoms with van der Waals surface area (Å²) in [7, 11) is 1.95. The van der Waals surface area contributed by atoms with E-state index in [4.69, 9.17) is 11.6 Å². The second kappa shape index (κ2) is 5.52. The van der Waals surface area contributed by atoms with Gasteiger partial charge in [-0.2, -0.15) is 11.3 Å². The van der Waals surface area contributed by atoms with Crippen LogP contribution in [0, 0.1) is 5.82 Å². The van der Waals surface area contributed by atoms with E-state index in [-0.39, 0.29) is 11.7 Å². The second-order valence-corrected chi connectivity index (χ2v) is 4.91. The Morgan fingerprint density at radius 3 is 2.82 bits per heavy atom. The van der Waals surface area contributed by atoms with Crippen LogP contribution in [0.15, 0.2) is 35.0 Å². The Hall–Kier alpha value is -1.06. The SMILES string of the molecule is CN(Cc1ccsc1)c1cccc(F)c1CCl. The highest BCUT2D eigenvalue weighted by atomic mass is 35.5. The molecule has 0 bridgehead atoms. The van der Waals surface area contributed by atoms with E-state index in [0.717, 1.165) is 12.2 Å². The number of halogens is 2. The van der Waals surface area contributed by atoms with Gasteiger partial charge in [-0.05, 0) is 34.5 Å². The van der Waals surface area contributed by atoms with E-state index in [2.05, 4.69) is 11.4 Å². The van der Waals surface area contributed by atoms with Gasteiger partial charge in [0, 0.05) is 24.8 Å². The molecule has 0 N–H and O–H groups in total. The summed E-state index contributed by atoms with van der Waals surface area (Å²) < 4.78 is 13.6. The lowest BCUT2D eigenvalue weighted by atomic mass is 10.1. The quantitative estimate of drug-likeness (QED) is 0.750. The summed E-state index contributed by atoms with van der Waals surface area (Å²) in [4.78, 5) is 2.02. The van der Waals surface area contributed by atoms with Gasteiger partial charge in [0.2, 0.25) is 0 Å². The van der Waals surface area contributed by atoms with Gasteiger partial charge in [0.25, 0.3) is 0 Å². The molecule has 0 aliphatic heterocycles. The summed E-state index contributed by atoms with van der Waals surface area (Å²) >= 11 is 7.46. The van der Waals surface area contributed by atoms with Crippen molar-refractivity contribution in [2.75, 3.05) is 11.9 Å². The summed E-state index contributed by atoms with van der Waals surface area (Å²) in [6, 6.07) is 7.12. The average Bonchev–Trinajstić information content (AvgIpc) is 2.81. The minimum absolute atomic E-state index is 0.190. The summed E-state index contributed by atoms with van der Waals surface area (Å²) in [5.41, 5.74) is 2.64. The van der Waals surface area contributed by atoms with Crippen molar-refractivity contribution >= 4 is 28.6 Å². The molecule has 0 aliphatic carbocycles. The molecule has 1 heterocycles. The maximum absolute atomic E-state index is 13.6. The van der Waals surface area contributed by atoms with Crippen molar-refractivity contribution < 1.29 is 4.39 Å². The molecule has 2 rings (SSSR count). The van der Waals surface area contributed by atoms with E-state index in [9.17, 15) is 4.39 Å². The third-order valence-electron chi connectivity index (χ3n) is 2.64. The summed E-state index contributed by atoms with van der Waals surface area (Å²) in [5, 5.41) is 4.13. The molecule has 0 saturated carbocycles. The van der Waals surface area contributed by atoms with Crippen molar-refractivity contribution in [3.05, 3.63) is 52.0 Å². The Balaban J connectivity index is 2.24. The van der Waals surface area contributed by atoms with Gasteiger partial charge in [0.05, 0.1) is 5.88 Å². The van der Waals surface area contributed by atoms with Crippen LogP contribution < -0.4 is 4.90 Å². The van der Waals surface area contributed by atoms with E-state index in [1.165, 1.54) is 11.6 Å². The molecule has 0 aliphatic rings. The van der Waals surface area contributed by atoms with E-state index < -0.39 is 0 Å². The Morgan fingerprint density at radius 2 is 2.18 bits per heavy atom. The predicted molar refractivity (Wildman–Crippen MR) is 72.4 cm³/mol. The smallest absolute Gasteiger partial charge is 0.129 e. The fraction of sp³-hybridized carbons (Fsp3) is 0.231. The van der Waals surface area contributed by atoms with Crippen LogP contribution in [0.25, 0.3) is 0 Å². The average molecular weight is 270 g/mol. The molecule has 1 aromatic carbocycles. The largest absolute Gasteiger partial charge is 0.370 e. The molecule has 0 amide bonds. The molecule has 0 unspecified atom stereocenters. The molecule has 90 valence electrons. The molecular formula is C13H13ClFNS. The number of hydrogen-bond donors (Lipinski definition) is 0. The lowest BCUT2D eigenvalue weighted by molar-refractivity contribution is 0.616. The van der Waals surface area contributed by atoms with E-state index in [1.807, 2.05) is 23.4 Å². The van der Waals surface area contributed by atoms with Gasteiger partial charge in [0.1, 0.15) is 5.82 Å². The highest BCUT2D eigenvalue weighted by Gasteiger charge is 2.11. The normalized spacial score (nSPS) is 10.5. The molecule has 4 heteroatoms. The molecule has 2 aromatic rings. The Bertz CT molecular complexity index is 484. The van der Waals surface area contributed by atoms with Crippen molar-refractivity contribution in [3.8, 4) is 0 Å². The lowest BCUT2D eigenvalue weighted by Crippen LogP contribution is -2.17. The van der Waals surface area contributed by atoms with E-state index in [1.54, 1.807) is 17.4 Å². The third-order valence-corrected chi connectivity index (χ3v) is 3.64. The molecule has 0 saturated heterocycles. The first-order chi connectivity index (χ1) is 8.22. The van der Waals surface area contributed by atoms with Crippen LogP contribution in [-0.4, -0.2) is 7.05 Å². The fourth-order valence-electron chi connectivity index (χ4n) is 1.78. The molecule has 1 aromatic heterocycles. The monoisotopic (exact) mass is 269 g/mol. The first kappa shape index (κ1) is 12.4. The van der Waals surface area contributed by atoms with Crippen molar-refractivity contribution in [1.82, 2.24) is 0 Å². The van der Waals surface area contributed by atoms with Gasteiger partial charge in [0.15, 0.2) is 0 Å². The molecule has 0 radical (unpaired) electrons. The van der Waals surface area contributed by atoms with Crippen molar-refractivity contribution in [2.24, 2.45) is 0 Å². The predicted octanol–water partition coefficient (Wildman–Crippen LogP) is 4.26. The van der Waals surface area contributed by atoms with Crippen LogP contribution in [-0.2, 0) is 12.4 Å². The van der Waals surface area contributed by atoms with E-state index >= 15 is 0 Å². The first-order valence-electron chi connectivity index (χ1n) is 5.28. The standard InChI is InChI=1S/C13H13ClFNS/c1-16(8-10-5-6-17-9-10)13-4-2-3-12(15)11(13)7-14/h2-6,9H,7-8H2,1H3. The molecular weight excluding hydrogens is 257 g/mol. The van der Waals surface area contributed by atoms with Crippen LogP contribution in [0.3, 0.4) is 0 Å². The second-order valence-electron chi connectivity index (χ2n) is 3.86. The van der Waals surface area contributed by atoms with Crippen LogP contribution >= 0.6 is 22.9 Å². The van der Waals surface area contributed by atoms with Gasteiger partial charge >= 0.3 is 0 Å². The van der Waals surface area contributed by atoms with Crippen LogP contribution in [0.1, 0.15) is 11.1 Å². The minimum atomic E-state index is -0.241. The summed E-state index contributed by atoms with van der Waals surface area (Å²) in [6.45, 7) is 0.761. The van der Waals surface area contributed by atoms with Gasteiger partial charge < -0.3 is 4.90 Å². The number of thiophene rings is 1. The minimum Gasteiger partial charge on any atom is -0.370 e. The first-order valence-corrected chi connectivity index (χ1v) is 6.75. The zero-order valence-electron chi connectivity index (χ0n) is 9.49. The third kappa shape index (κ3) is 2.79. The molecule has 1 nitrogen and oxygen atoms in total. The zero-order valence-corrected chi connectivity index (χ0v) is 11.1. The Labute approximate surface area is 109 Å². The Kier molecular flexibility index (Phi) is 4.02. The Morgan fingerprint density at radius 1 is 1.35 bits per heavy atom. The van der Waals surface area contributed by atoms with Crippen LogP contribution in [0.5, 0.6) is 0 Å². The maximum atomic E-state index is 13.6. The number of alkyl halides is 1. The van der Waals surface area contributed by atoms with Crippen molar-refractivity contribution in [2.45, 2.75) is 12.4 Å². The van der Waals surface area contributed by atoms with Crippen molar-refractivity contribution in [3.63, 3.8) is 0 Å². The highest BCUT2D eigenvalue weighted by Crippen LogP contribution is 2.25. The van der Waals surface area contributed by atoms with Crippen LogP contribution in [0.4, 0.5) is 10.1 Å². The number of nitrogens with zero attached hydrogens (tertiary/aromatic N) is 1. The summed E-state index contributed by atoms with van der Waals surface area (Å²) in [5.74, 6) is -0.0506. The molecule has 0 fully saturated rings.